The first kappa shape index (κ1) is 17.9. The summed E-state index contributed by atoms with van der Waals surface area (Å²) in [5, 5.41) is 4.46. The second-order valence-corrected chi connectivity index (χ2v) is 8.35. The number of aryl methyl sites for hydroxylation is 2. The minimum atomic E-state index is -0.342. The van der Waals surface area contributed by atoms with Crippen LogP contribution in [0.4, 0.5) is 0 Å². The zero-order valence-electron chi connectivity index (χ0n) is 15.7. The van der Waals surface area contributed by atoms with Gasteiger partial charge in [0.25, 0.3) is 5.91 Å². The van der Waals surface area contributed by atoms with Crippen LogP contribution >= 0.6 is 11.3 Å². The minimum Gasteiger partial charge on any atom is -0.365 e. The van der Waals surface area contributed by atoms with Crippen LogP contribution in [0, 0.1) is 13.8 Å². The van der Waals surface area contributed by atoms with Gasteiger partial charge in [0, 0.05) is 29.9 Å². The van der Waals surface area contributed by atoms with Crippen LogP contribution in [-0.2, 0) is 6.54 Å². The molecule has 1 fully saturated rings. The first-order valence-electron chi connectivity index (χ1n) is 9.26. The average molecular weight is 381 g/mol. The van der Waals surface area contributed by atoms with Gasteiger partial charge >= 0.3 is 0 Å². The largest absolute Gasteiger partial charge is 0.365 e. The molecule has 1 aromatic carbocycles. The first-order chi connectivity index (χ1) is 13.0. The van der Waals surface area contributed by atoms with Crippen molar-refractivity contribution < 1.29 is 4.79 Å². The fraction of sp³-hybridized carbons (Fsp3) is 0.333. The molecule has 2 N–H and O–H groups in total. The van der Waals surface area contributed by atoms with Gasteiger partial charge in [0.2, 0.25) is 0 Å². The van der Waals surface area contributed by atoms with Crippen molar-refractivity contribution in [2.24, 2.45) is 5.73 Å². The number of nitrogens with zero attached hydrogens (tertiary/aromatic N) is 3. The van der Waals surface area contributed by atoms with Crippen molar-refractivity contribution in [3.8, 4) is 5.69 Å². The number of amides is 1. The van der Waals surface area contributed by atoms with E-state index in [1.165, 1.54) is 38.6 Å². The maximum atomic E-state index is 11.5. The van der Waals surface area contributed by atoms with Gasteiger partial charge in [-0.05, 0) is 62.6 Å². The Morgan fingerprint density at radius 1 is 1.33 bits per heavy atom. The number of likely N-dealkylation sites (tertiary alicyclic amines) is 1. The Labute approximate surface area is 163 Å². The fourth-order valence-corrected chi connectivity index (χ4v) is 5.15. The molecule has 1 atom stereocenters. The molecule has 0 bridgehead atoms. The van der Waals surface area contributed by atoms with Crippen LogP contribution < -0.4 is 5.73 Å². The quantitative estimate of drug-likeness (QED) is 0.728. The van der Waals surface area contributed by atoms with Crippen LogP contribution in [0.25, 0.3) is 5.69 Å². The molecule has 0 aliphatic carbocycles. The third-order valence-corrected chi connectivity index (χ3v) is 6.39. The van der Waals surface area contributed by atoms with Gasteiger partial charge in [-0.15, -0.1) is 11.3 Å². The van der Waals surface area contributed by atoms with Gasteiger partial charge in [0.15, 0.2) is 0 Å². The number of rotatable bonds is 5. The molecule has 2 aromatic heterocycles. The number of aromatic nitrogens is 2. The van der Waals surface area contributed by atoms with Gasteiger partial charge in [-0.2, -0.15) is 5.10 Å². The van der Waals surface area contributed by atoms with E-state index in [0.717, 1.165) is 25.9 Å². The molecule has 140 valence electrons. The van der Waals surface area contributed by atoms with Crippen molar-refractivity contribution in [1.29, 1.82) is 0 Å². The highest BCUT2D eigenvalue weighted by atomic mass is 32.1. The highest BCUT2D eigenvalue weighted by Crippen LogP contribution is 2.37. The molecular weight excluding hydrogens is 356 g/mol. The van der Waals surface area contributed by atoms with Crippen molar-refractivity contribution in [2.45, 2.75) is 39.3 Å². The van der Waals surface area contributed by atoms with Crippen molar-refractivity contribution >= 4 is 17.2 Å². The van der Waals surface area contributed by atoms with Crippen molar-refractivity contribution in [3.05, 3.63) is 69.2 Å². The lowest BCUT2D eigenvalue weighted by atomic mass is 10.0. The standard InChI is InChI=1S/C21H24N4OS/c1-14-11-15(2)20(25-10-4-8-23-25)16(12-14)13-24-9-3-5-17(24)18-6-7-19(27-18)21(22)26/h4,6-8,10-12,17H,3,5,9,13H2,1-2H3,(H2,22,26)/t17-/m0/s1. The number of thiophene rings is 1. The maximum absolute atomic E-state index is 11.5. The van der Waals surface area contributed by atoms with E-state index in [4.69, 9.17) is 5.73 Å². The number of primary amides is 1. The molecule has 3 aromatic rings. The maximum Gasteiger partial charge on any atom is 0.258 e. The van der Waals surface area contributed by atoms with Crippen LogP contribution in [0.3, 0.4) is 0 Å². The summed E-state index contributed by atoms with van der Waals surface area (Å²) in [6.07, 6.45) is 6.09. The number of nitrogens with two attached hydrogens (primary N) is 1. The number of hydrogen-bond acceptors (Lipinski definition) is 4. The van der Waals surface area contributed by atoms with E-state index < -0.39 is 0 Å². The predicted octanol–water partition coefficient (Wildman–Crippen LogP) is 3.99. The summed E-state index contributed by atoms with van der Waals surface area (Å²) in [6.45, 7) is 6.21. The molecular formula is C21H24N4OS. The summed E-state index contributed by atoms with van der Waals surface area (Å²) in [6, 6.07) is 10.7. The summed E-state index contributed by atoms with van der Waals surface area (Å²) in [7, 11) is 0. The van der Waals surface area contributed by atoms with E-state index in [9.17, 15) is 4.79 Å². The number of carbonyl (C=O) groups excluding carboxylic acids is 1. The third-order valence-electron chi connectivity index (χ3n) is 5.19. The van der Waals surface area contributed by atoms with Crippen molar-refractivity contribution in [3.63, 3.8) is 0 Å². The average Bonchev–Trinajstić information content (AvgIpc) is 3.35. The van der Waals surface area contributed by atoms with Gasteiger partial charge in [0.05, 0.1) is 10.6 Å². The second-order valence-electron chi connectivity index (χ2n) is 7.23. The SMILES string of the molecule is Cc1cc(C)c(-n2cccn2)c(CN2CCC[C@H]2c2ccc(C(N)=O)s2)c1. The third kappa shape index (κ3) is 3.55. The topological polar surface area (TPSA) is 64.2 Å². The van der Waals surface area contributed by atoms with Crippen molar-refractivity contribution in [2.75, 3.05) is 6.54 Å². The monoisotopic (exact) mass is 380 g/mol. The van der Waals surface area contributed by atoms with Gasteiger partial charge in [-0.25, -0.2) is 4.68 Å². The van der Waals surface area contributed by atoms with E-state index in [-0.39, 0.29) is 5.91 Å². The summed E-state index contributed by atoms with van der Waals surface area (Å²) >= 11 is 1.53. The van der Waals surface area contributed by atoms with E-state index in [2.05, 4.69) is 42.0 Å². The molecule has 3 heterocycles. The molecule has 27 heavy (non-hydrogen) atoms. The molecule has 0 unspecified atom stereocenters. The smallest absolute Gasteiger partial charge is 0.258 e. The predicted molar refractivity (Wildman–Crippen MR) is 108 cm³/mol. The van der Waals surface area contributed by atoms with Crippen LogP contribution in [-0.4, -0.2) is 27.1 Å². The Kier molecular flexibility index (Phi) is 4.85. The summed E-state index contributed by atoms with van der Waals surface area (Å²) in [5.74, 6) is -0.342. The zero-order valence-corrected chi connectivity index (χ0v) is 16.5. The molecule has 0 radical (unpaired) electrons. The summed E-state index contributed by atoms with van der Waals surface area (Å²) < 4.78 is 1.96. The molecule has 1 saturated heterocycles. The molecule has 6 heteroatoms. The van der Waals surface area contributed by atoms with Gasteiger partial charge in [0.1, 0.15) is 0 Å². The molecule has 0 saturated carbocycles. The molecule has 5 nitrogen and oxygen atoms in total. The Morgan fingerprint density at radius 2 is 2.19 bits per heavy atom. The fourth-order valence-electron chi connectivity index (χ4n) is 4.12. The lowest BCUT2D eigenvalue weighted by Crippen LogP contribution is -2.23. The highest BCUT2D eigenvalue weighted by molar-refractivity contribution is 7.14. The van der Waals surface area contributed by atoms with E-state index >= 15 is 0 Å². The molecule has 1 aliphatic heterocycles. The molecule has 1 amide bonds. The van der Waals surface area contributed by atoms with Crippen LogP contribution in [0.2, 0.25) is 0 Å². The molecule has 0 spiro atoms. The normalized spacial score (nSPS) is 17.5. The van der Waals surface area contributed by atoms with E-state index in [0.29, 0.717) is 10.9 Å². The minimum absolute atomic E-state index is 0.342. The van der Waals surface area contributed by atoms with Gasteiger partial charge in [-0.3, -0.25) is 9.69 Å². The van der Waals surface area contributed by atoms with Gasteiger partial charge < -0.3 is 5.73 Å². The van der Waals surface area contributed by atoms with Crippen molar-refractivity contribution in [1.82, 2.24) is 14.7 Å². The van der Waals surface area contributed by atoms with Gasteiger partial charge in [-0.1, -0.05) is 17.7 Å². The Hall–Kier alpha value is -2.44. The second kappa shape index (κ2) is 7.29. The number of carbonyl (C=O) groups is 1. The Bertz CT molecular complexity index is 961. The van der Waals surface area contributed by atoms with E-state index in [1.54, 1.807) is 0 Å². The molecule has 1 aliphatic rings. The Morgan fingerprint density at radius 3 is 2.89 bits per heavy atom. The van der Waals surface area contributed by atoms with Crippen LogP contribution in [0.5, 0.6) is 0 Å². The van der Waals surface area contributed by atoms with Crippen LogP contribution in [0.1, 0.15) is 50.1 Å². The first-order valence-corrected chi connectivity index (χ1v) is 10.1. The highest BCUT2D eigenvalue weighted by Gasteiger charge is 2.28. The van der Waals surface area contributed by atoms with E-state index in [1.807, 2.05) is 29.2 Å². The zero-order chi connectivity index (χ0) is 19.0. The summed E-state index contributed by atoms with van der Waals surface area (Å²) in [4.78, 5) is 15.8. The lowest BCUT2D eigenvalue weighted by molar-refractivity contribution is 0.100. The summed E-state index contributed by atoms with van der Waals surface area (Å²) in [5.41, 5.74) is 10.4. The molecule has 4 rings (SSSR count). The number of hydrogen-bond donors (Lipinski definition) is 1. The Balaban J connectivity index is 1.66. The lowest BCUT2D eigenvalue weighted by Gasteiger charge is -2.25. The number of benzene rings is 1. The van der Waals surface area contributed by atoms with Crippen LogP contribution in [0.15, 0.2) is 42.7 Å².